The summed E-state index contributed by atoms with van der Waals surface area (Å²) in [6.45, 7) is 2.41. The van der Waals surface area contributed by atoms with Gasteiger partial charge in [0.05, 0.1) is 29.5 Å². The van der Waals surface area contributed by atoms with Gasteiger partial charge in [0, 0.05) is 12.7 Å². The Bertz CT molecular complexity index is 993. The summed E-state index contributed by atoms with van der Waals surface area (Å²) < 4.78 is 27.5. The van der Waals surface area contributed by atoms with E-state index in [1.54, 1.807) is 6.07 Å². The zero-order valence-electron chi connectivity index (χ0n) is 13.9. The van der Waals surface area contributed by atoms with Crippen molar-refractivity contribution in [1.82, 2.24) is 9.55 Å². The molecular weight excluding hydrogens is 324 g/mol. The van der Waals surface area contributed by atoms with E-state index in [2.05, 4.69) is 15.0 Å². The molecule has 1 heterocycles. The van der Waals surface area contributed by atoms with E-state index < -0.39 is 10.0 Å². The summed E-state index contributed by atoms with van der Waals surface area (Å²) in [6.07, 6.45) is 1.14. The molecule has 7 heteroatoms. The van der Waals surface area contributed by atoms with Crippen LogP contribution >= 0.6 is 0 Å². The highest BCUT2D eigenvalue weighted by molar-refractivity contribution is 7.92. The summed E-state index contributed by atoms with van der Waals surface area (Å²) in [5.41, 5.74) is 4.32. The molecule has 0 aliphatic rings. The van der Waals surface area contributed by atoms with Gasteiger partial charge in [0.15, 0.2) is 0 Å². The number of imidazole rings is 1. The fraction of sp³-hybridized carbons (Fsp3) is 0.235. The maximum absolute atomic E-state index is 11.4. The van der Waals surface area contributed by atoms with E-state index in [1.807, 2.05) is 54.9 Å². The van der Waals surface area contributed by atoms with Crippen LogP contribution in [0.5, 0.6) is 0 Å². The lowest BCUT2D eigenvalue weighted by Crippen LogP contribution is -2.11. The van der Waals surface area contributed by atoms with Gasteiger partial charge in [0.1, 0.15) is 5.82 Å². The monoisotopic (exact) mass is 344 g/mol. The molecule has 0 aliphatic heterocycles. The second kappa shape index (κ2) is 6.16. The molecule has 0 unspecified atom stereocenters. The third-order valence-corrected chi connectivity index (χ3v) is 4.45. The third-order valence-electron chi connectivity index (χ3n) is 3.86. The van der Waals surface area contributed by atoms with Crippen molar-refractivity contribution in [3.05, 3.63) is 53.9 Å². The second-order valence-corrected chi connectivity index (χ2v) is 7.58. The predicted molar refractivity (Wildman–Crippen MR) is 97.7 cm³/mol. The number of benzene rings is 2. The fourth-order valence-corrected chi connectivity index (χ4v) is 3.20. The van der Waals surface area contributed by atoms with E-state index in [4.69, 9.17) is 0 Å². The largest absolute Gasteiger partial charge is 0.378 e. The van der Waals surface area contributed by atoms with Crippen LogP contribution in [-0.4, -0.2) is 24.2 Å². The van der Waals surface area contributed by atoms with Gasteiger partial charge in [-0.15, -0.1) is 0 Å². The Balaban J connectivity index is 1.81. The third kappa shape index (κ3) is 3.51. The van der Waals surface area contributed by atoms with Gasteiger partial charge in [-0.1, -0.05) is 18.2 Å². The Morgan fingerprint density at radius 2 is 1.92 bits per heavy atom. The lowest BCUT2D eigenvalue weighted by molar-refractivity contribution is 0.607. The lowest BCUT2D eigenvalue weighted by Gasteiger charge is -2.12. The summed E-state index contributed by atoms with van der Waals surface area (Å²) in [5.74, 6) is 0.911. The standard InChI is InChI=1S/C17H20N4O2S/c1-12-8-9-13(10-15(12)20-24(3,22)23)18-11-17-19-14-6-4-5-7-16(14)21(17)2/h4-10,18,20H,11H2,1-3H3. The Morgan fingerprint density at radius 1 is 1.17 bits per heavy atom. The van der Waals surface area contributed by atoms with E-state index in [0.717, 1.165) is 34.4 Å². The number of hydrogen-bond acceptors (Lipinski definition) is 4. The number of anilines is 2. The van der Waals surface area contributed by atoms with Gasteiger partial charge < -0.3 is 9.88 Å². The molecule has 126 valence electrons. The fourth-order valence-electron chi connectivity index (χ4n) is 2.58. The number of fused-ring (bicyclic) bond motifs is 1. The Labute approximate surface area is 141 Å². The molecule has 24 heavy (non-hydrogen) atoms. The first-order valence-electron chi connectivity index (χ1n) is 7.56. The molecule has 0 radical (unpaired) electrons. The highest BCUT2D eigenvalue weighted by Crippen LogP contribution is 2.22. The van der Waals surface area contributed by atoms with E-state index in [9.17, 15) is 8.42 Å². The van der Waals surface area contributed by atoms with Crippen molar-refractivity contribution < 1.29 is 8.42 Å². The molecule has 0 saturated heterocycles. The lowest BCUT2D eigenvalue weighted by atomic mass is 10.2. The smallest absolute Gasteiger partial charge is 0.229 e. The van der Waals surface area contributed by atoms with Gasteiger partial charge in [0.2, 0.25) is 10.0 Å². The van der Waals surface area contributed by atoms with Crippen molar-refractivity contribution in [3.63, 3.8) is 0 Å². The number of aromatic nitrogens is 2. The van der Waals surface area contributed by atoms with E-state index >= 15 is 0 Å². The average Bonchev–Trinajstić information content (AvgIpc) is 2.84. The van der Waals surface area contributed by atoms with Crippen LogP contribution in [0.3, 0.4) is 0 Å². The second-order valence-electron chi connectivity index (χ2n) is 5.83. The SMILES string of the molecule is Cc1ccc(NCc2nc3ccccc3n2C)cc1NS(C)(=O)=O. The zero-order valence-corrected chi connectivity index (χ0v) is 14.7. The zero-order chi connectivity index (χ0) is 17.3. The van der Waals surface area contributed by atoms with Crippen molar-refractivity contribution in [3.8, 4) is 0 Å². The Morgan fingerprint density at radius 3 is 2.62 bits per heavy atom. The molecule has 0 atom stereocenters. The number of para-hydroxylation sites is 2. The normalized spacial score (nSPS) is 11.6. The highest BCUT2D eigenvalue weighted by Gasteiger charge is 2.09. The molecule has 6 nitrogen and oxygen atoms in total. The number of rotatable bonds is 5. The molecular formula is C17H20N4O2S. The minimum Gasteiger partial charge on any atom is -0.378 e. The first kappa shape index (κ1) is 16.3. The van der Waals surface area contributed by atoms with Crippen LogP contribution in [-0.2, 0) is 23.6 Å². The molecule has 0 amide bonds. The van der Waals surface area contributed by atoms with Crippen LogP contribution in [0, 0.1) is 6.92 Å². The minimum absolute atomic E-state index is 0.548. The van der Waals surface area contributed by atoms with Crippen LogP contribution in [0.2, 0.25) is 0 Å². The van der Waals surface area contributed by atoms with Crippen molar-refractivity contribution in [2.45, 2.75) is 13.5 Å². The van der Waals surface area contributed by atoms with Crippen molar-refractivity contribution in [2.75, 3.05) is 16.3 Å². The van der Waals surface area contributed by atoms with Crippen molar-refractivity contribution in [1.29, 1.82) is 0 Å². The van der Waals surface area contributed by atoms with Crippen LogP contribution < -0.4 is 10.0 Å². The molecule has 0 saturated carbocycles. The van der Waals surface area contributed by atoms with Gasteiger partial charge in [-0.2, -0.15) is 0 Å². The van der Waals surface area contributed by atoms with Crippen LogP contribution in [0.25, 0.3) is 11.0 Å². The van der Waals surface area contributed by atoms with Crippen LogP contribution in [0.15, 0.2) is 42.5 Å². The highest BCUT2D eigenvalue weighted by atomic mass is 32.2. The first-order chi connectivity index (χ1) is 11.3. The molecule has 0 aliphatic carbocycles. The molecule has 2 aromatic carbocycles. The quantitative estimate of drug-likeness (QED) is 0.746. The number of sulfonamides is 1. The summed E-state index contributed by atoms with van der Waals surface area (Å²) >= 11 is 0. The molecule has 0 bridgehead atoms. The molecule has 0 spiro atoms. The van der Waals surface area contributed by atoms with Crippen molar-refractivity contribution >= 4 is 32.4 Å². The van der Waals surface area contributed by atoms with Gasteiger partial charge in [0.25, 0.3) is 0 Å². The summed E-state index contributed by atoms with van der Waals surface area (Å²) in [6, 6.07) is 13.6. The molecule has 1 aromatic heterocycles. The van der Waals surface area contributed by atoms with Gasteiger partial charge in [-0.3, -0.25) is 4.72 Å². The topological polar surface area (TPSA) is 76.0 Å². The number of aryl methyl sites for hydroxylation is 2. The van der Waals surface area contributed by atoms with E-state index in [-0.39, 0.29) is 0 Å². The number of hydrogen-bond donors (Lipinski definition) is 2. The van der Waals surface area contributed by atoms with Crippen molar-refractivity contribution in [2.24, 2.45) is 7.05 Å². The number of nitrogens with zero attached hydrogens (tertiary/aromatic N) is 2. The van der Waals surface area contributed by atoms with Gasteiger partial charge >= 0.3 is 0 Å². The average molecular weight is 344 g/mol. The van der Waals surface area contributed by atoms with E-state index in [0.29, 0.717) is 12.2 Å². The van der Waals surface area contributed by atoms with Gasteiger partial charge in [-0.25, -0.2) is 13.4 Å². The Kier molecular flexibility index (Phi) is 4.19. The molecule has 2 N–H and O–H groups in total. The van der Waals surface area contributed by atoms with Gasteiger partial charge in [-0.05, 0) is 36.8 Å². The first-order valence-corrected chi connectivity index (χ1v) is 9.45. The van der Waals surface area contributed by atoms with Crippen LogP contribution in [0.1, 0.15) is 11.4 Å². The number of nitrogens with one attached hydrogen (secondary N) is 2. The Hall–Kier alpha value is -2.54. The minimum atomic E-state index is -3.30. The maximum Gasteiger partial charge on any atom is 0.229 e. The maximum atomic E-state index is 11.4. The van der Waals surface area contributed by atoms with Crippen LogP contribution in [0.4, 0.5) is 11.4 Å². The molecule has 3 rings (SSSR count). The summed E-state index contributed by atoms with van der Waals surface area (Å²) in [5, 5.41) is 3.30. The summed E-state index contributed by atoms with van der Waals surface area (Å²) in [7, 11) is -1.32. The molecule has 3 aromatic rings. The summed E-state index contributed by atoms with van der Waals surface area (Å²) in [4.78, 5) is 4.62. The molecule has 0 fully saturated rings. The predicted octanol–water partition coefficient (Wildman–Crippen LogP) is 2.87. The van der Waals surface area contributed by atoms with E-state index in [1.165, 1.54) is 0 Å².